The van der Waals surface area contributed by atoms with Gasteiger partial charge in [0.2, 0.25) is 0 Å². The summed E-state index contributed by atoms with van der Waals surface area (Å²) in [6.45, 7) is 4.99. The van der Waals surface area contributed by atoms with Crippen LogP contribution < -0.4 is 0 Å². The maximum atomic E-state index is 5.09. The summed E-state index contributed by atoms with van der Waals surface area (Å²) < 4.78 is 9.80. The lowest BCUT2D eigenvalue weighted by Gasteiger charge is -2.00. The van der Waals surface area contributed by atoms with Crippen LogP contribution in [0.4, 0.5) is 0 Å². The molecule has 0 saturated carbocycles. The molecule has 0 amide bonds. The molecule has 0 aromatic heterocycles. The molecule has 0 heterocycles. The first kappa shape index (κ1) is 9.92. The van der Waals surface area contributed by atoms with Gasteiger partial charge in [-0.2, -0.15) is 0 Å². The Morgan fingerprint density at radius 3 is 2.60 bits per heavy atom. The average molecular weight is 145 g/mol. The third-order valence-corrected chi connectivity index (χ3v) is 1.24. The average Bonchev–Trinajstić information content (AvgIpc) is 1.97. The minimum absolute atomic E-state index is 0.421. The number of unbranched alkanes of at least 4 members (excludes halogenated alkanes) is 3. The Balaban J connectivity index is 2.65. The molecule has 0 unspecified atom stereocenters. The van der Waals surface area contributed by atoms with Gasteiger partial charge in [0.15, 0.2) is 0 Å². The maximum Gasteiger partial charge on any atom is 0.146 e. The van der Waals surface area contributed by atoms with E-state index in [2.05, 4.69) is 6.92 Å². The van der Waals surface area contributed by atoms with Crippen molar-refractivity contribution in [2.75, 3.05) is 20.5 Å². The Morgan fingerprint density at radius 2 is 2.00 bits per heavy atom. The van der Waals surface area contributed by atoms with E-state index in [1.54, 1.807) is 7.11 Å². The molecule has 0 aromatic rings. The first-order chi connectivity index (χ1) is 4.91. The van der Waals surface area contributed by atoms with Gasteiger partial charge < -0.3 is 9.47 Å². The van der Waals surface area contributed by atoms with E-state index in [1.807, 2.05) is 0 Å². The standard InChI is InChI=1S/C8H17O2/c1-3-4-5-6-7-10-8-9-2/h1,3-8H2,2H3. The molecule has 1 radical (unpaired) electrons. The molecular formula is C8H17O2. The summed E-state index contributed by atoms with van der Waals surface area (Å²) in [5.41, 5.74) is 0. The molecular weight excluding hydrogens is 128 g/mol. The zero-order chi connectivity index (χ0) is 7.66. The van der Waals surface area contributed by atoms with Crippen LogP contribution in [0.25, 0.3) is 0 Å². The van der Waals surface area contributed by atoms with E-state index < -0.39 is 0 Å². The smallest absolute Gasteiger partial charge is 0.146 e. The van der Waals surface area contributed by atoms with Crippen molar-refractivity contribution in [2.24, 2.45) is 0 Å². The summed E-state index contributed by atoms with van der Waals surface area (Å²) in [6.07, 6.45) is 4.58. The van der Waals surface area contributed by atoms with Crippen LogP contribution in [0.2, 0.25) is 0 Å². The van der Waals surface area contributed by atoms with E-state index in [0.29, 0.717) is 6.79 Å². The van der Waals surface area contributed by atoms with Gasteiger partial charge in [0, 0.05) is 13.7 Å². The quantitative estimate of drug-likeness (QED) is 0.403. The lowest BCUT2D eigenvalue weighted by molar-refractivity contribution is -0.0315. The summed E-state index contributed by atoms with van der Waals surface area (Å²) in [6, 6.07) is 0. The largest absolute Gasteiger partial charge is 0.359 e. The predicted molar refractivity (Wildman–Crippen MR) is 41.7 cm³/mol. The van der Waals surface area contributed by atoms with Crippen LogP contribution in [-0.2, 0) is 9.47 Å². The molecule has 10 heavy (non-hydrogen) atoms. The third-order valence-electron chi connectivity index (χ3n) is 1.24. The van der Waals surface area contributed by atoms with Crippen molar-refractivity contribution in [3.8, 4) is 0 Å². The van der Waals surface area contributed by atoms with Crippen LogP contribution in [0.5, 0.6) is 0 Å². The number of ether oxygens (including phenoxy) is 2. The van der Waals surface area contributed by atoms with Crippen molar-refractivity contribution < 1.29 is 9.47 Å². The van der Waals surface area contributed by atoms with E-state index in [4.69, 9.17) is 9.47 Å². The van der Waals surface area contributed by atoms with Gasteiger partial charge in [-0.25, -0.2) is 0 Å². The van der Waals surface area contributed by atoms with Gasteiger partial charge in [-0.1, -0.05) is 26.2 Å². The summed E-state index contributed by atoms with van der Waals surface area (Å²) in [7, 11) is 1.63. The van der Waals surface area contributed by atoms with E-state index in [-0.39, 0.29) is 0 Å². The third kappa shape index (κ3) is 7.92. The molecule has 2 nitrogen and oxygen atoms in total. The Labute approximate surface area is 63.5 Å². The first-order valence-corrected chi connectivity index (χ1v) is 3.77. The van der Waals surface area contributed by atoms with Crippen LogP contribution >= 0.6 is 0 Å². The molecule has 61 valence electrons. The number of hydrogen-bond donors (Lipinski definition) is 0. The van der Waals surface area contributed by atoms with E-state index >= 15 is 0 Å². The number of hydrogen-bond acceptors (Lipinski definition) is 2. The van der Waals surface area contributed by atoms with Crippen LogP contribution in [0.15, 0.2) is 0 Å². The lowest BCUT2D eigenvalue weighted by atomic mass is 10.2. The Bertz CT molecular complexity index is 47.2. The molecule has 0 bridgehead atoms. The van der Waals surface area contributed by atoms with E-state index in [0.717, 1.165) is 19.4 Å². The van der Waals surface area contributed by atoms with Gasteiger partial charge in [-0.3, -0.25) is 0 Å². The van der Waals surface area contributed by atoms with Crippen molar-refractivity contribution in [3.05, 3.63) is 6.92 Å². The molecule has 0 aliphatic rings. The summed E-state index contributed by atoms with van der Waals surface area (Å²) in [4.78, 5) is 0. The monoisotopic (exact) mass is 145 g/mol. The van der Waals surface area contributed by atoms with Crippen molar-refractivity contribution in [1.82, 2.24) is 0 Å². The molecule has 0 saturated heterocycles. The van der Waals surface area contributed by atoms with Crippen molar-refractivity contribution in [1.29, 1.82) is 0 Å². The Kier molecular flexibility index (Phi) is 8.85. The molecule has 0 aliphatic heterocycles. The van der Waals surface area contributed by atoms with Gasteiger partial charge in [-0.15, -0.1) is 0 Å². The lowest BCUT2D eigenvalue weighted by Crippen LogP contribution is -1.97. The first-order valence-electron chi connectivity index (χ1n) is 3.77. The second-order valence-electron chi connectivity index (χ2n) is 2.23. The predicted octanol–water partition coefficient (Wildman–Crippen LogP) is 2.00. The number of rotatable bonds is 7. The second-order valence-corrected chi connectivity index (χ2v) is 2.23. The van der Waals surface area contributed by atoms with Crippen LogP contribution in [0.1, 0.15) is 25.7 Å². The second kappa shape index (κ2) is 8.92. The summed E-state index contributed by atoms with van der Waals surface area (Å²) in [5, 5.41) is 0. The van der Waals surface area contributed by atoms with Crippen LogP contribution in [0, 0.1) is 6.92 Å². The Morgan fingerprint density at radius 1 is 1.20 bits per heavy atom. The topological polar surface area (TPSA) is 18.5 Å². The minimum Gasteiger partial charge on any atom is -0.359 e. The Hall–Kier alpha value is -0.0800. The zero-order valence-corrected chi connectivity index (χ0v) is 6.77. The highest BCUT2D eigenvalue weighted by Crippen LogP contribution is 1.98. The molecule has 0 spiro atoms. The number of methoxy groups -OCH3 is 1. The van der Waals surface area contributed by atoms with Gasteiger partial charge in [0.25, 0.3) is 0 Å². The highest BCUT2D eigenvalue weighted by molar-refractivity contribution is 4.42. The molecule has 0 aliphatic carbocycles. The fourth-order valence-electron chi connectivity index (χ4n) is 0.700. The normalized spacial score (nSPS) is 10.2. The van der Waals surface area contributed by atoms with Crippen molar-refractivity contribution >= 4 is 0 Å². The zero-order valence-electron chi connectivity index (χ0n) is 6.77. The van der Waals surface area contributed by atoms with Gasteiger partial charge >= 0.3 is 0 Å². The van der Waals surface area contributed by atoms with Gasteiger partial charge in [0.1, 0.15) is 6.79 Å². The maximum absolute atomic E-state index is 5.09. The van der Waals surface area contributed by atoms with Crippen LogP contribution in [-0.4, -0.2) is 20.5 Å². The fraction of sp³-hybridized carbons (Fsp3) is 0.875. The minimum atomic E-state index is 0.421. The van der Waals surface area contributed by atoms with Gasteiger partial charge in [-0.05, 0) is 6.42 Å². The molecule has 2 heteroatoms. The highest BCUT2D eigenvalue weighted by Gasteiger charge is 1.86. The van der Waals surface area contributed by atoms with Crippen molar-refractivity contribution in [3.63, 3.8) is 0 Å². The summed E-state index contributed by atoms with van der Waals surface area (Å²) in [5.74, 6) is 0. The fourth-order valence-corrected chi connectivity index (χ4v) is 0.700. The SMILES string of the molecule is [CH2]CCCCCOCOC. The van der Waals surface area contributed by atoms with Crippen LogP contribution in [0.3, 0.4) is 0 Å². The van der Waals surface area contributed by atoms with Crippen molar-refractivity contribution in [2.45, 2.75) is 25.7 Å². The molecule has 0 N–H and O–H groups in total. The molecule has 0 aromatic carbocycles. The van der Waals surface area contributed by atoms with E-state index in [9.17, 15) is 0 Å². The van der Waals surface area contributed by atoms with E-state index in [1.165, 1.54) is 12.8 Å². The summed E-state index contributed by atoms with van der Waals surface area (Å²) >= 11 is 0. The molecule has 0 fully saturated rings. The molecule has 0 atom stereocenters. The van der Waals surface area contributed by atoms with Gasteiger partial charge in [0.05, 0.1) is 0 Å². The highest BCUT2D eigenvalue weighted by atomic mass is 16.7. The molecule has 0 rings (SSSR count).